The van der Waals surface area contributed by atoms with Gasteiger partial charge in [-0.05, 0) is 30.3 Å². The van der Waals surface area contributed by atoms with Gasteiger partial charge in [0.15, 0.2) is 0 Å². The first-order valence-electron chi connectivity index (χ1n) is 5.56. The van der Waals surface area contributed by atoms with Gasteiger partial charge in [-0.1, -0.05) is 34.8 Å². The van der Waals surface area contributed by atoms with Crippen LogP contribution in [0.2, 0.25) is 15.1 Å². The fourth-order valence-corrected chi connectivity index (χ4v) is 2.52. The van der Waals surface area contributed by atoms with Crippen LogP contribution in [0.5, 0.6) is 0 Å². The molecule has 2 rings (SSSR count). The van der Waals surface area contributed by atoms with E-state index in [-0.39, 0.29) is 26.4 Å². The molecule has 2 nitrogen and oxygen atoms in total. The first kappa shape index (κ1) is 16.1. The molecule has 8 heteroatoms. The minimum Gasteiger partial charge on any atom is -0.399 e. The van der Waals surface area contributed by atoms with E-state index in [4.69, 9.17) is 40.5 Å². The molecule has 0 bridgehead atoms. The van der Waals surface area contributed by atoms with Crippen molar-refractivity contribution in [3.05, 3.63) is 51.0 Å². The summed E-state index contributed by atoms with van der Waals surface area (Å²) in [7, 11) is 0. The summed E-state index contributed by atoms with van der Waals surface area (Å²) in [5, 5.41) is 3.03. The Labute approximate surface area is 133 Å². The second-order valence-electron chi connectivity index (χ2n) is 4.21. The summed E-state index contributed by atoms with van der Waals surface area (Å²) in [6.45, 7) is 0. The molecular formula is C13H8Cl3F3N2. The predicted octanol–water partition coefficient (Wildman–Crippen LogP) is 5.99. The van der Waals surface area contributed by atoms with Crippen molar-refractivity contribution in [2.24, 2.45) is 0 Å². The van der Waals surface area contributed by atoms with Crippen LogP contribution in [-0.4, -0.2) is 0 Å². The minimum atomic E-state index is -4.50. The number of nitrogens with one attached hydrogen (secondary N) is 1. The van der Waals surface area contributed by atoms with Crippen molar-refractivity contribution in [2.45, 2.75) is 6.18 Å². The molecule has 0 radical (unpaired) electrons. The summed E-state index contributed by atoms with van der Waals surface area (Å²) in [4.78, 5) is 0. The number of hydrogen-bond donors (Lipinski definition) is 2. The van der Waals surface area contributed by atoms with Gasteiger partial charge >= 0.3 is 6.18 Å². The van der Waals surface area contributed by atoms with Gasteiger partial charge in [0.25, 0.3) is 0 Å². The minimum absolute atomic E-state index is 0.0602. The maximum absolute atomic E-state index is 12.7. The Balaban J connectivity index is 2.43. The highest BCUT2D eigenvalue weighted by Crippen LogP contribution is 2.38. The van der Waals surface area contributed by atoms with Crippen molar-refractivity contribution in [1.29, 1.82) is 0 Å². The molecule has 0 saturated heterocycles. The fraction of sp³-hybridized carbons (Fsp3) is 0.0769. The highest BCUT2D eigenvalue weighted by molar-refractivity contribution is 6.39. The van der Waals surface area contributed by atoms with Gasteiger partial charge in [-0.3, -0.25) is 0 Å². The van der Waals surface area contributed by atoms with Crippen LogP contribution < -0.4 is 11.1 Å². The van der Waals surface area contributed by atoms with E-state index in [2.05, 4.69) is 5.32 Å². The van der Waals surface area contributed by atoms with Gasteiger partial charge in [0.1, 0.15) is 0 Å². The largest absolute Gasteiger partial charge is 0.416 e. The fourth-order valence-electron chi connectivity index (χ4n) is 1.68. The van der Waals surface area contributed by atoms with E-state index >= 15 is 0 Å². The molecule has 0 aromatic heterocycles. The van der Waals surface area contributed by atoms with Gasteiger partial charge in [0.05, 0.1) is 21.3 Å². The van der Waals surface area contributed by atoms with Crippen LogP contribution >= 0.6 is 34.8 Å². The van der Waals surface area contributed by atoms with Crippen LogP contribution in [0.15, 0.2) is 30.3 Å². The highest BCUT2D eigenvalue weighted by Gasteiger charge is 2.31. The molecule has 0 aliphatic carbocycles. The van der Waals surface area contributed by atoms with E-state index in [9.17, 15) is 13.2 Å². The molecule has 2 aromatic carbocycles. The molecule has 0 heterocycles. The number of rotatable bonds is 2. The lowest BCUT2D eigenvalue weighted by Gasteiger charge is -2.14. The SMILES string of the molecule is Nc1cc(Cl)c(Nc2cc(Cl)cc(C(F)(F)F)c2)c(Cl)c1. The molecular weight excluding hydrogens is 348 g/mol. The van der Waals surface area contributed by atoms with Crippen molar-refractivity contribution < 1.29 is 13.2 Å². The number of hydrogen-bond acceptors (Lipinski definition) is 2. The van der Waals surface area contributed by atoms with Crippen molar-refractivity contribution in [3.8, 4) is 0 Å². The van der Waals surface area contributed by atoms with Gasteiger partial charge in [0.2, 0.25) is 0 Å². The molecule has 3 N–H and O–H groups in total. The van der Waals surface area contributed by atoms with Crippen molar-refractivity contribution in [3.63, 3.8) is 0 Å². The number of anilines is 3. The lowest BCUT2D eigenvalue weighted by Crippen LogP contribution is -2.05. The normalized spacial score (nSPS) is 11.5. The second kappa shape index (κ2) is 5.83. The predicted molar refractivity (Wildman–Crippen MR) is 80.6 cm³/mol. The molecule has 21 heavy (non-hydrogen) atoms. The smallest absolute Gasteiger partial charge is 0.399 e. The third-order valence-corrected chi connectivity index (χ3v) is 3.37. The van der Waals surface area contributed by atoms with E-state index in [0.717, 1.165) is 12.1 Å². The monoisotopic (exact) mass is 354 g/mol. The molecule has 0 atom stereocenters. The Morgan fingerprint density at radius 3 is 2.00 bits per heavy atom. The zero-order chi connectivity index (χ0) is 15.8. The third-order valence-electron chi connectivity index (χ3n) is 2.56. The van der Waals surface area contributed by atoms with E-state index < -0.39 is 11.7 Å². The standard InChI is InChI=1S/C13H8Cl3F3N2/c14-7-1-6(13(17,18)19)2-9(3-7)21-12-10(15)4-8(20)5-11(12)16/h1-5,21H,20H2. The molecule has 0 fully saturated rings. The van der Waals surface area contributed by atoms with Gasteiger partial charge in [-0.2, -0.15) is 13.2 Å². The zero-order valence-corrected chi connectivity index (χ0v) is 12.5. The Kier molecular flexibility index (Phi) is 4.46. The van der Waals surface area contributed by atoms with Gasteiger partial charge < -0.3 is 11.1 Å². The second-order valence-corrected chi connectivity index (χ2v) is 5.46. The molecule has 0 unspecified atom stereocenters. The molecule has 0 spiro atoms. The van der Waals surface area contributed by atoms with E-state index in [0.29, 0.717) is 5.69 Å². The van der Waals surface area contributed by atoms with Crippen LogP contribution in [0.25, 0.3) is 0 Å². The topological polar surface area (TPSA) is 38.0 Å². The summed E-state index contributed by atoms with van der Waals surface area (Å²) in [6.07, 6.45) is -4.50. The summed E-state index contributed by atoms with van der Waals surface area (Å²) >= 11 is 17.6. The Morgan fingerprint density at radius 2 is 1.48 bits per heavy atom. The molecule has 0 aliphatic rings. The lowest BCUT2D eigenvalue weighted by molar-refractivity contribution is -0.137. The van der Waals surface area contributed by atoms with Gasteiger partial charge in [0, 0.05) is 16.4 Å². The maximum atomic E-state index is 12.7. The molecule has 0 saturated carbocycles. The van der Waals surface area contributed by atoms with E-state index in [1.807, 2.05) is 0 Å². The molecule has 2 aromatic rings. The Hall–Kier alpha value is -1.30. The van der Waals surface area contributed by atoms with Crippen molar-refractivity contribution >= 4 is 51.9 Å². The average Bonchev–Trinajstić information content (AvgIpc) is 2.32. The third kappa shape index (κ3) is 3.87. The average molecular weight is 356 g/mol. The van der Waals surface area contributed by atoms with E-state index in [1.54, 1.807) is 0 Å². The summed E-state index contributed by atoms with van der Waals surface area (Å²) in [5.41, 5.74) is 5.40. The first-order valence-corrected chi connectivity index (χ1v) is 6.69. The molecule has 0 aliphatic heterocycles. The number of halogens is 6. The van der Waals surface area contributed by atoms with Crippen molar-refractivity contribution in [1.82, 2.24) is 0 Å². The summed E-state index contributed by atoms with van der Waals surface area (Å²) in [5.74, 6) is 0. The highest BCUT2D eigenvalue weighted by atomic mass is 35.5. The number of benzene rings is 2. The Morgan fingerprint density at radius 1 is 0.905 bits per heavy atom. The number of nitrogen functional groups attached to an aromatic ring is 1. The van der Waals surface area contributed by atoms with Gasteiger partial charge in [-0.25, -0.2) is 0 Å². The number of nitrogens with two attached hydrogens (primary N) is 1. The maximum Gasteiger partial charge on any atom is 0.416 e. The number of alkyl halides is 3. The summed E-state index contributed by atoms with van der Waals surface area (Å²) in [6, 6.07) is 5.95. The molecule has 112 valence electrons. The lowest BCUT2D eigenvalue weighted by atomic mass is 10.2. The van der Waals surface area contributed by atoms with Crippen LogP contribution in [0.4, 0.5) is 30.2 Å². The first-order chi connectivity index (χ1) is 9.66. The zero-order valence-electron chi connectivity index (χ0n) is 10.2. The van der Waals surface area contributed by atoms with Gasteiger partial charge in [-0.15, -0.1) is 0 Å². The van der Waals surface area contributed by atoms with Crippen LogP contribution in [0, 0.1) is 0 Å². The van der Waals surface area contributed by atoms with Crippen LogP contribution in [0.3, 0.4) is 0 Å². The van der Waals surface area contributed by atoms with Crippen LogP contribution in [0.1, 0.15) is 5.56 Å². The summed E-state index contributed by atoms with van der Waals surface area (Å²) < 4.78 is 38.2. The quantitative estimate of drug-likeness (QED) is 0.649. The Bertz CT molecular complexity index is 664. The van der Waals surface area contributed by atoms with Crippen molar-refractivity contribution in [2.75, 3.05) is 11.1 Å². The van der Waals surface area contributed by atoms with Crippen LogP contribution in [-0.2, 0) is 6.18 Å². The van der Waals surface area contributed by atoms with E-state index in [1.165, 1.54) is 18.2 Å². The molecule has 0 amide bonds.